The molecule has 1 heterocycles. The van der Waals surface area contributed by atoms with Gasteiger partial charge in [-0.1, -0.05) is 25.5 Å². The molecule has 0 radical (unpaired) electrons. The van der Waals surface area contributed by atoms with Crippen molar-refractivity contribution in [3.63, 3.8) is 0 Å². The van der Waals surface area contributed by atoms with E-state index in [2.05, 4.69) is 13.0 Å². The molecule has 1 fully saturated rings. The molecule has 0 aromatic carbocycles. The predicted molar refractivity (Wildman–Crippen MR) is 68.9 cm³/mol. The molecular formula is C15H22O3. The van der Waals surface area contributed by atoms with E-state index in [0.29, 0.717) is 6.42 Å². The first-order valence-electron chi connectivity index (χ1n) is 6.88. The molecule has 1 saturated heterocycles. The lowest BCUT2D eigenvalue weighted by Crippen LogP contribution is -2.26. The Balaban J connectivity index is 2.22. The van der Waals surface area contributed by atoms with Gasteiger partial charge in [0.05, 0.1) is 5.92 Å². The average molecular weight is 250 g/mol. The molecule has 1 aliphatic heterocycles. The Labute approximate surface area is 109 Å². The lowest BCUT2D eigenvalue weighted by atomic mass is 9.81. The molecule has 3 heteroatoms. The minimum Gasteiger partial charge on any atom is -0.461 e. The van der Waals surface area contributed by atoms with Crippen LogP contribution in [0.1, 0.15) is 46.5 Å². The predicted octanol–water partition coefficient (Wildman–Crippen LogP) is 2.89. The Kier molecular flexibility index (Phi) is 3.88. The van der Waals surface area contributed by atoms with Crippen LogP contribution in [0, 0.1) is 17.8 Å². The Morgan fingerprint density at radius 2 is 1.94 bits per heavy atom. The van der Waals surface area contributed by atoms with Crippen LogP contribution < -0.4 is 0 Å². The summed E-state index contributed by atoms with van der Waals surface area (Å²) >= 11 is 0. The number of carbonyl (C=O) groups is 2. The molecule has 1 aliphatic carbocycles. The van der Waals surface area contributed by atoms with E-state index in [4.69, 9.17) is 4.74 Å². The molecule has 0 N–H and O–H groups in total. The van der Waals surface area contributed by atoms with E-state index < -0.39 is 0 Å². The van der Waals surface area contributed by atoms with Gasteiger partial charge in [-0.3, -0.25) is 9.59 Å². The highest BCUT2D eigenvalue weighted by atomic mass is 16.6. The molecule has 2 aliphatic rings. The van der Waals surface area contributed by atoms with Gasteiger partial charge in [0.15, 0.2) is 0 Å². The zero-order valence-corrected chi connectivity index (χ0v) is 11.4. The summed E-state index contributed by atoms with van der Waals surface area (Å²) in [5.41, 5.74) is 1.27. The van der Waals surface area contributed by atoms with Gasteiger partial charge in [-0.15, -0.1) is 0 Å². The fourth-order valence-corrected chi connectivity index (χ4v) is 2.92. The summed E-state index contributed by atoms with van der Waals surface area (Å²) in [5.74, 6) is 0.156. The van der Waals surface area contributed by atoms with Crippen molar-refractivity contribution in [1.82, 2.24) is 0 Å². The second-order valence-electron chi connectivity index (χ2n) is 5.83. The minimum atomic E-state index is -0.141. The van der Waals surface area contributed by atoms with Crippen molar-refractivity contribution >= 4 is 11.8 Å². The normalized spacial score (nSPS) is 40.7. The van der Waals surface area contributed by atoms with Crippen LogP contribution in [0.4, 0.5) is 0 Å². The van der Waals surface area contributed by atoms with Gasteiger partial charge >= 0.3 is 5.97 Å². The number of carbonyl (C=O) groups excluding carboxylic acids is 2. The van der Waals surface area contributed by atoms with Crippen LogP contribution in [-0.4, -0.2) is 17.9 Å². The third-order valence-corrected chi connectivity index (χ3v) is 4.36. The number of rotatable bonds is 0. The van der Waals surface area contributed by atoms with Crippen molar-refractivity contribution in [2.45, 2.75) is 52.6 Å². The van der Waals surface area contributed by atoms with Crippen LogP contribution in [0.25, 0.3) is 0 Å². The molecule has 18 heavy (non-hydrogen) atoms. The maximum atomic E-state index is 12.1. The van der Waals surface area contributed by atoms with E-state index in [1.165, 1.54) is 5.57 Å². The largest absolute Gasteiger partial charge is 0.461 e. The average Bonchev–Trinajstić information content (AvgIpc) is 2.56. The number of esters is 1. The molecule has 0 amide bonds. The monoisotopic (exact) mass is 250 g/mol. The SMILES string of the molecule is C/C1=C\CCC(C)C(=O)C[C@H]2[C@H](C1)OC(=O)[C@H]2C. The van der Waals surface area contributed by atoms with Crippen LogP contribution in [0.15, 0.2) is 11.6 Å². The highest BCUT2D eigenvalue weighted by molar-refractivity contribution is 5.83. The molecule has 2 rings (SSSR count). The summed E-state index contributed by atoms with van der Waals surface area (Å²) in [7, 11) is 0. The highest BCUT2D eigenvalue weighted by Gasteiger charge is 2.43. The van der Waals surface area contributed by atoms with Gasteiger partial charge in [0.25, 0.3) is 0 Å². The van der Waals surface area contributed by atoms with Crippen LogP contribution in [0.5, 0.6) is 0 Å². The third kappa shape index (κ3) is 2.65. The topological polar surface area (TPSA) is 43.4 Å². The first-order chi connectivity index (χ1) is 8.49. The Hall–Kier alpha value is -1.12. The summed E-state index contributed by atoms with van der Waals surface area (Å²) in [6.45, 7) is 5.96. The summed E-state index contributed by atoms with van der Waals surface area (Å²) in [4.78, 5) is 23.8. The second-order valence-corrected chi connectivity index (χ2v) is 5.83. The number of hydrogen-bond acceptors (Lipinski definition) is 3. The summed E-state index contributed by atoms with van der Waals surface area (Å²) in [5, 5.41) is 0. The fraction of sp³-hybridized carbons (Fsp3) is 0.733. The van der Waals surface area contributed by atoms with Crippen LogP contribution >= 0.6 is 0 Å². The molecule has 0 bridgehead atoms. The van der Waals surface area contributed by atoms with Gasteiger partial charge < -0.3 is 4.74 Å². The quantitative estimate of drug-likeness (QED) is 0.490. The standard InChI is InChI=1S/C15H22O3/c1-9-5-4-6-10(2)13(16)8-12-11(3)15(17)18-14(12)7-9/h5,10-12,14H,4,6-8H2,1-3H3/b9-5+/t10?,11-,12+,14-/m0/s1. The molecular weight excluding hydrogens is 228 g/mol. The number of allylic oxidation sites excluding steroid dienone is 1. The summed E-state index contributed by atoms with van der Waals surface area (Å²) < 4.78 is 5.43. The number of ketones is 1. The molecule has 0 saturated carbocycles. The van der Waals surface area contributed by atoms with Crippen molar-refractivity contribution in [1.29, 1.82) is 0 Å². The second kappa shape index (κ2) is 5.25. The van der Waals surface area contributed by atoms with Gasteiger partial charge in [-0.25, -0.2) is 0 Å². The van der Waals surface area contributed by atoms with Crippen LogP contribution in [-0.2, 0) is 14.3 Å². The third-order valence-electron chi connectivity index (χ3n) is 4.36. The molecule has 0 aromatic heterocycles. The molecule has 0 aromatic rings. The van der Waals surface area contributed by atoms with Crippen molar-refractivity contribution in [2.24, 2.45) is 17.8 Å². The van der Waals surface area contributed by atoms with Gasteiger partial charge in [0.1, 0.15) is 11.9 Å². The van der Waals surface area contributed by atoms with E-state index in [0.717, 1.165) is 19.3 Å². The number of Topliss-reactive ketones (excluding diaryl/α,β-unsaturated/α-hetero) is 1. The molecule has 4 atom stereocenters. The first-order valence-corrected chi connectivity index (χ1v) is 6.88. The lowest BCUT2D eigenvalue weighted by Gasteiger charge is -2.22. The minimum absolute atomic E-state index is 0.0638. The van der Waals surface area contributed by atoms with Crippen molar-refractivity contribution < 1.29 is 14.3 Å². The zero-order chi connectivity index (χ0) is 13.3. The van der Waals surface area contributed by atoms with Crippen molar-refractivity contribution in [2.75, 3.05) is 0 Å². The smallest absolute Gasteiger partial charge is 0.309 e. The first kappa shape index (κ1) is 13.3. The van der Waals surface area contributed by atoms with Gasteiger partial charge in [-0.05, 0) is 19.8 Å². The van der Waals surface area contributed by atoms with Crippen LogP contribution in [0.2, 0.25) is 0 Å². The van der Waals surface area contributed by atoms with E-state index in [-0.39, 0.29) is 35.6 Å². The van der Waals surface area contributed by atoms with E-state index in [9.17, 15) is 9.59 Å². The molecule has 0 spiro atoms. The van der Waals surface area contributed by atoms with E-state index >= 15 is 0 Å². The van der Waals surface area contributed by atoms with Gasteiger partial charge in [0, 0.05) is 24.7 Å². The summed E-state index contributed by atoms with van der Waals surface area (Å²) in [6.07, 6.45) is 5.21. The summed E-state index contributed by atoms with van der Waals surface area (Å²) in [6, 6.07) is 0. The lowest BCUT2D eigenvalue weighted by molar-refractivity contribution is -0.143. The Morgan fingerprint density at radius 1 is 1.22 bits per heavy atom. The number of fused-ring (bicyclic) bond motifs is 1. The maximum absolute atomic E-state index is 12.1. The van der Waals surface area contributed by atoms with Crippen molar-refractivity contribution in [3.8, 4) is 0 Å². The fourth-order valence-electron chi connectivity index (χ4n) is 2.92. The number of hydrogen-bond donors (Lipinski definition) is 0. The van der Waals surface area contributed by atoms with Crippen molar-refractivity contribution in [3.05, 3.63) is 11.6 Å². The van der Waals surface area contributed by atoms with Gasteiger partial charge in [0.2, 0.25) is 0 Å². The molecule has 1 unspecified atom stereocenters. The Bertz CT molecular complexity index is 383. The number of ether oxygens (including phenoxy) is 1. The van der Waals surface area contributed by atoms with Crippen LogP contribution in [0.3, 0.4) is 0 Å². The molecule has 100 valence electrons. The zero-order valence-electron chi connectivity index (χ0n) is 11.4. The maximum Gasteiger partial charge on any atom is 0.309 e. The Morgan fingerprint density at radius 3 is 2.67 bits per heavy atom. The highest BCUT2D eigenvalue weighted by Crippen LogP contribution is 2.36. The molecule has 3 nitrogen and oxygen atoms in total. The van der Waals surface area contributed by atoms with E-state index in [1.54, 1.807) is 0 Å². The van der Waals surface area contributed by atoms with Gasteiger partial charge in [-0.2, -0.15) is 0 Å². The van der Waals surface area contributed by atoms with E-state index in [1.807, 2.05) is 13.8 Å².